The van der Waals surface area contributed by atoms with Crippen LogP contribution in [-0.4, -0.2) is 11.8 Å². The summed E-state index contributed by atoms with van der Waals surface area (Å²) in [6.45, 7) is 5.49. The van der Waals surface area contributed by atoms with E-state index in [0.717, 1.165) is 11.1 Å². The Balaban J connectivity index is 1.80. The molecule has 0 saturated carbocycles. The molecule has 0 fully saturated rings. The van der Waals surface area contributed by atoms with Crippen LogP contribution >= 0.6 is 0 Å². The van der Waals surface area contributed by atoms with Gasteiger partial charge in [-0.05, 0) is 38.8 Å². The third-order valence-corrected chi connectivity index (χ3v) is 3.32. The van der Waals surface area contributed by atoms with Crippen LogP contribution in [0.4, 0.5) is 0 Å². The van der Waals surface area contributed by atoms with Crippen molar-refractivity contribution in [2.75, 3.05) is 0 Å². The lowest BCUT2D eigenvalue weighted by atomic mass is 10.1. The van der Waals surface area contributed by atoms with Gasteiger partial charge in [-0.15, -0.1) is 0 Å². The van der Waals surface area contributed by atoms with Gasteiger partial charge >= 0.3 is 0 Å². The summed E-state index contributed by atoms with van der Waals surface area (Å²) in [5, 5.41) is 0. The Kier molecular flexibility index (Phi) is 4.99. The molecule has 5 heteroatoms. The van der Waals surface area contributed by atoms with Gasteiger partial charge in [-0.25, -0.2) is 0 Å². The minimum absolute atomic E-state index is 0.229. The molecule has 2 amide bonds. The number of aryl methyl sites for hydroxylation is 4. The van der Waals surface area contributed by atoms with Crippen LogP contribution in [0.2, 0.25) is 0 Å². The minimum Gasteiger partial charge on any atom is -0.466 e. The van der Waals surface area contributed by atoms with Gasteiger partial charge in [0, 0.05) is 6.42 Å². The molecule has 0 unspecified atom stereocenters. The van der Waals surface area contributed by atoms with Gasteiger partial charge in [0.25, 0.3) is 5.91 Å². The van der Waals surface area contributed by atoms with E-state index in [4.69, 9.17) is 4.42 Å². The van der Waals surface area contributed by atoms with Gasteiger partial charge in [-0.3, -0.25) is 20.4 Å². The van der Waals surface area contributed by atoms with Crippen LogP contribution in [0.5, 0.6) is 0 Å². The van der Waals surface area contributed by atoms with E-state index in [1.165, 1.54) is 0 Å². The second-order valence-corrected chi connectivity index (χ2v) is 5.32. The van der Waals surface area contributed by atoms with Crippen molar-refractivity contribution in [3.63, 3.8) is 0 Å². The van der Waals surface area contributed by atoms with Crippen molar-refractivity contribution < 1.29 is 14.0 Å². The molecule has 0 atom stereocenters. The molecule has 0 aliphatic heterocycles. The van der Waals surface area contributed by atoms with Crippen molar-refractivity contribution in [3.05, 3.63) is 58.5 Å². The minimum atomic E-state index is -0.377. The highest BCUT2D eigenvalue weighted by Gasteiger charge is 2.13. The van der Waals surface area contributed by atoms with E-state index >= 15 is 0 Å². The largest absolute Gasteiger partial charge is 0.466 e. The summed E-state index contributed by atoms with van der Waals surface area (Å²) in [6, 6.07) is 9.65. The molecule has 2 aromatic rings. The molecule has 5 nitrogen and oxygen atoms in total. The van der Waals surface area contributed by atoms with Crippen molar-refractivity contribution in [1.82, 2.24) is 10.9 Å². The van der Waals surface area contributed by atoms with E-state index in [0.29, 0.717) is 29.9 Å². The number of hydrogen-bond acceptors (Lipinski definition) is 3. The maximum atomic E-state index is 11.9. The first kappa shape index (κ1) is 15.8. The van der Waals surface area contributed by atoms with E-state index in [9.17, 15) is 9.59 Å². The fourth-order valence-corrected chi connectivity index (χ4v) is 2.24. The number of benzene rings is 1. The van der Waals surface area contributed by atoms with Crippen LogP contribution in [0, 0.1) is 20.8 Å². The molecule has 116 valence electrons. The van der Waals surface area contributed by atoms with Gasteiger partial charge in [0.2, 0.25) is 5.91 Å². The number of amides is 2. The van der Waals surface area contributed by atoms with Crippen molar-refractivity contribution >= 4 is 11.8 Å². The van der Waals surface area contributed by atoms with Crippen molar-refractivity contribution in [2.24, 2.45) is 0 Å². The number of hydrogen-bond donors (Lipinski definition) is 2. The van der Waals surface area contributed by atoms with Crippen molar-refractivity contribution in [2.45, 2.75) is 33.6 Å². The predicted molar refractivity (Wildman–Crippen MR) is 83.3 cm³/mol. The van der Waals surface area contributed by atoms with E-state index in [-0.39, 0.29) is 11.8 Å². The number of hydrazine groups is 1. The van der Waals surface area contributed by atoms with Crippen LogP contribution in [0.25, 0.3) is 0 Å². The Hall–Kier alpha value is -2.56. The van der Waals surface area contributed by atoms with Crippen molar-refractivity contribution in [1.29, 1.82) is 0 Å². The van der Waals surface area contributed by atoms with Gasteiger partial charge in [0.05, 0.1) is 5.56 Å². The number of carbonyl (C=O) groups is 2. The first-order valence-corrected chi connectivity index (χ1v) is 7.17. The summed E-state index contributed by atoms with van der Waals surface area (Å²) < 4.78 is 5.29. The third-order valence-electron chi connectivity index (χ3n) is 3.32. The van der Waals surface area contributed by atoms with Crippen LogP contribution in [-0.2, 0) is 11.2 Å². The monoisotopic (exact) mass is 300 g/mol. The van der Waals surface area contributed by atoms with Gasteiger partial charge < -0.3 is 4.42 Å². The zero-order valence-electron chi connectivity index (χ0n) is 13.0. The quantitative estimate of drug-likeness (QED) is 0.853. The molecule has 2 rings (SSSR count). The first-order chi connectivity index (χ1) is 10.5. The molecule has 0 radical (unpaired) electrons. The molecule has 1 aromatic carbocycles. The SMILES string of the molecule is Cc1cccc(CCC(=O)NNC(=O)c2cc(C)oc2C)c1. The average Bonchev–Trinajstić information content (AvgIpc) is 2.81. The third kappa shape index (κ3) is 4.22. The van der Waals surface area contributed by atoms with Crippen LogP contribution in [0.1, 0.15) is 39.4 Å². The van der Waals surface area contributed by atoms with Crippen molar-refractivity contribution in [3.8, 4) is 0 Å². The lowest BCUT2D eigenvalue weighted by molar-refractivity contribution is -0.121. The normalized spacial score (nSPS) is 10.3. The average molecular weight is 300 g/mol. The van der Waals surface area contributed by atoms with E-state index in [1.807, 2.05) is 31.2 Å². The number of carbonyl (C=O) groups excluding carboxylic acids is 2. The topological polar surface area (TPSA) is 71.3 Å². The maximum absolute atomic E-state index is 11.9. The zero-order valence-corrected chi connectivity index (χ0v) is 13.0. The predicted octanol–water partition coefficient (Wildman–Crippen LogP) is 2.60. The van der Waals surface area contributed by atoms with E-state index in [2.05, 4.69) is 10.9 Å². The van der Waals surface area contributed by atoms with Gasteiger partial charge in [-0.2, -0.15) is 0 Å². The molecule has 0 aliphatic carbocycles. The summed E-state index contributed by atoms with van der Waals surface area (Å²) in [5.41, 5.74) is 7.52. The lowest BCUT2D eigenvalue weighted by Gasteiger charge is -2.07. The molecular weight excluding hydrogens is 280 g/mol. The molecule has 0 saturated heterocycles. The fourth-order valence-electron chi connectivity index (χ4n) is 2.24. The molecule has 1 aromatic heterocycles. The molecule has 22 heavy (non-hydrogen) atoms. The second kappa shape index (κ2) is 6.93. The summed E-state index contributed by atoms with van der Waals surface area (Å²) in [7, 11) is 0. The van der Waals surface area contributed by atoms with Gasteiger partial charge in [-0.1, -0.05) is 29.8 Å². The van der Waals surface area contributed by atoms with E-state index in [1.54, 1.807) is 19.9 Å². The molecule has 0 aliphatic rings. The Labute approximate surface area is 129 Å². The van der Waals surface area contributed by atoms with Crippen LogP contribution in [0.3, 0.4) is 0 Å². The summed E-state index contributed by atoms with van der Waals surface area (Å²) in [4.78, 5) is 23.7. The number of furan rings is 1. The highest BCUT2D eigenvalue weighted by Crippen LogP contribution is 2.13. The Morgan fingerprint density at radius 2 is 1.86 bits per heavy atom. The summed E-state index contributed by atoms with van der Waals surface area (Å²) in [6.07, 6.45) is 0.945. The number of rotatable bonds is 4. The molecule has 0 bridgehead atoms. The van der Waals surface area contributed by atoms with Gasteiger partial charge in [0.15, 0.2) is 0 Å². The zero-order chi connectivity index (χ0) is 16.1. The fraction of sp³-hybridized carbons (Fsp3) is 0.294. The standard InChI is InChI=1S/C17H20N2O3/c1-11-5-4-6-14(9-11)7-8-16(20)18-19-17(21)15-10-12(2)22-13(15)3/h4-6,9-10H,7-8H2,1-3H3,(H,18,20)(H,19,21). The Morgan fingerprint density at radius 3 is 2.50 bits per heavy atom. The Morgan fingerprint density at radius 1 is 1.09 bits per heavy atom. The molecule has 1 heterocycles. The maximum Gasteiger partial charge on any atom is 0.273 e. The Bertz CT molecular complexity index is 689. The van der Waals surface area contributed by atoms with Crippen LogP contribution in [0.15, 0.2) is 34.7 Å². The summed E-state index contributed by atoms with van der Waals surface area (Å²) in [5.74, 6) is 0.586. The van der Waals surface area contributed by atoms with E-state index < -0.39 is 0 Å². The second-order valence-electron chi connectivity index (χ2n) is 5.32. The first-order valence-electron chi connectivity index (χ1n) is 7.17. The highest BCUT2D eigenvalue weighted by atomic mass is 16.3. The smallest absolute Gasteiger partial charge is 0.273 e. The summed E-state index contributed by atoms with van der Waals surface area (Å²) >= 11 is 0. The lowest BCUT2D eigenvalue weighted by Crippen LogP contribution is -2.41. The number of nitrogens with one attached hydrogen (secondary N) is 2. The molecule has 0 spiro atoms. The highest BCUT2D eigenvalue weighted by molar-refractivity contribution is 5.96. The van der Waals surface area contributed by atoms with Crippen LogP contribution < -0.4 is 10.9 Å². The molecular formula is C17H20N2O3. The molecule has 2 N–H and O–H groups in total. The van der Waals surface area contributed by atoms with Gasteiger partial charge in [0.1, 0.15) is 11.5 Å².